The monoisotopic (exact) mass is 248 g/mol. The number of hydrogen-bond acceptors (Lipinski definition) is 4. The molecule has 1 aromatic rings. The summed E-state index contributed by atoms with van der Waals surface area (Å²) in [6.45, 7) is 6.22. The van der Waals surface area contributed by atoms with Gasteiger partial charge >= 0.3 is 0 Å². The van der Waals surface area contributed by atoms with Crippen molar-refractivity contribution in [2.24, 2.45) is 5.92 Å². The average molecular weight is 248 g/mol. The Balaban J connectivity index is 2.02. The smallest absolute Gasteiger partial charge is 0.134 e. The highest BCUT2D eigenvalue weighted by atomic mass is 15.1. The highest BCUT2D eigenvalue weighted by molar-refractivity contribution is 5.57. The molecule has 100 valence electrons. The van der Waals surface area contributed by atoms with Crippen LogP contribution in [-0.2, 0) is 6.42 Å². The molecule has 2 N–H and O–H groups in total. The van der Waals surface area contributed by atoms with Crippen LogP contribution >= 0.6 is 0 Å². The normalized spacial score (nSPS) is 14.6. The van der Waals surface area contributed by atoms with Gasteiger partial charge in [-0.15, -0.1) is 0 Å². The highest BCUT2D eigenvalue weighted by Crippen LogP contribution is 2.32. The average Bonchev–Trinajstić information content (AvgIpc) is 3.17. The molecule has 0 amide bonds. The van der Waals surface area contributed by atoms with E-state index in [9.17, 15) is 0 Å². The number of anilines is 2. The zero-order chi connectivity index (χ0) is 12.8. The van der Waals surface area contributed by atoms with E-state index in [1.54, 1.807) is 6.33 Å². The summed E-state index contributed by atoms with van der Waals surface area (Å²) in [6.07, 6.45) is 7.88. The van der Waals surface area contributed by atoms with Crippen molar-refractivity contribution in [1.29, 1.82) is 0 Å². The van der Waals surface area contributed by atoms with E-state index in [1.807, 2.05) is 0 Å². The molecule has 1 aliphatic carbocycles. The lowest BCUT2D eigenvalue weighted by Crippen LogP contribution is -2.11. The topological polar surface area (TPSA) is 49.8 Å². The summed E-state index contributed by atoms with van der Waals surface area (Å²) in [7, 11) is 0. The first kappa shape index (κ1) is 13.1. The van der Waals surface area contributed by atoms with Crippen LogP contribution < -0.4 is 10.6 Å². The van der Waals surface area contributed by atoms with Crippen LogP contribution in [0.1, 0.15) is 45.1 Å². The maximum Gasteiger partial charge on any atom is 0.134 e. The van der Waals surface area contributed by atoms with Crippen molar-refractivity contribution < 1.29 is 0 Å². The van der Waals surface area contributed by atoms with E-state index >= 15 is 0 Å². The van der Waals surface area contributed by atoms with Gasteiger partial charge in [0, 0.05) is 18.7 Å². The summed E-state index contributed by atoms with van der Waals surface area (Å²) < 4.78 is 0. The van der Waals surface area contributed by atoms with Crippen molar-refractivity contribution in [2.45, 2.75) is 46.0 Å². The molecule has 1 fully saturated rings. The van der Waals surface area contributed by atoms with Gasteiger partial charge in [0.15, 0.2) is 0 Å². The van der Waals surface area contributed by atoms with Gasteiger partial charge in [-0.05, 0) is 25.7 Å². The first-order chi connectivity index (χ1) is 8.85. The summed E-state index contributed by atoms with van der Waals surface area (Å²) in [5.74, 6) is 2.97. The van der Waals surface area contributed by atoms with Crippen LogP contribution in [0, 0.1) is 5.92 Å². The van der Waals surface area contributed by atoms with Crippen LogP contribution in [-0.4, -0.2) is 23.1 Å². The molecule has 1 saturated carbocycles. The van der Waals surface area contributed by atoms with Crippen molar-refractivity contribution in [1.82, 2.24) is 9.97 Å². The molecular weight excluding hydrogens is 224 g/mol. The summed E-state index contributed by atoms with van der Waals surface area (Å²) in [6, 6.07) is 0. The van der Waals surface area contributed by atoms with Gasteiger partial charge in [0.25, 0.3) is 0 Å². The summed E-state index contributed by atoms with van der Waals surface area (Å²) in [5.41, 5.74) is 1.23. The molecule has 0 unspecified atom stereocenters. The molecule has 1 aromatic heterocycles. The van der Waals surface area contributed by atoms with Crippen LogP contribution in [0.25, 0.3) is 0 Å². The first-order valence-corrected chi connectivity index (χ1v) is 7.16. The van der Waals surface area contributed by atoms with E-state index in [4.69, 9.17) is 0 Å². The van der Waals surface area contributed by atoms with Gasteiger partial charge in [-0.1, -0.05) is 26.2 Å². The summed E-state index contributed by atoms with van der Waals surface area (Å²) in [5, 5.41) is 6.80. The molecule has 18 heavy (non-hydrogen) atoms. The third-order valence-electron chi connectivity index (χ3n) is 3.33. The van der Waals surface area contributed by atoms with Gasteiger partial charge in [0.05, 0.1) is 0 Å². The minimum atomic E-state index is 0.898. The van der Waals surface area contributed by atoms with Crippen molar-refractivity contribution in [3.8, 4) is 0 Å². The Morgan fingerprint density at radius 3 is 2.50 bits per heavy atom. The van der Waals surface area contributed by atoms with E-state index in [2.05, 4.69) is 34.4 Å². The molecule has 1 aliphatic rings. The summed E-state index contributed by atoms with van der Waals surface area (Å²) >= 11 is 0. The molecule has 0 bridgehead atoms. The zero-order valence-corrected chi connectivity index (χ0v) is 11.5. The number of hydrogen-bond donors (Lipinski definition) is 2. The van der Waals surface area contributed by atoms with Crippen LogP contribution in [0.5, 0.6) is 0 Å². The van der Waals surface area contributed by atoms with E-state index < -0.39 is 0 Å². The van der Waals surface area contributed by atoms with Crippen LogP contribution in [0.4, 0.5) is 11.6 Å². The van der Waals surface area contributed by atoms with Gasteiger partial charge in [-0.2, -0.15) is 0 Å². The molecule has 0 aromatic carbocycles. The van der Waals surface area contributed by atoms with Crippen molar-refractivity contribution >= 4 is 11.6 Å². The molecule has 0 spiro atoms. The predicted molar refractivity (Wildman–Crippen MR) is 76.0 cm³/mol. The van der Waals surface area contributed by atoms with Gasteiger partial charge in [-0.3, -0.25) is 0 Å². The Morgan fingerprint density at radius 1 is 1.17 bits per heavy atom. The Hall–Kier alpha value is -1.32. The van der Waals surface area contributed by atoms with Crippen LogP contribution in [0.3, 0.4) is 0 Å². The second-order valence-electron chi connectivity index (χ2n) is 4.99. The lowest BCUT2D eigenvalue weighted by Gasteiger charge is -2.14. The highest BCUT2D eigenvalue weighted by Gasteiger charge is 2.20. The van der Waals surface area contributed by atoms with Crippen molar-refractivity contribution in [2.75, 3.05) is 23.7 Å². The Bertz CT molecular complexity index is 374. The third-order valence-corrected chi connectivity index (χ3v) is 3.33. The quantitative estimate of drug-likeness (QED) is 0.742. The van der Waals surface area contributed by atoms with E-state index in [1.165, 1.54) is 24.8 Å². The molecule has 4 heteroatoms. The molecular formula is C14H24N4. The van der Waals surface area contributed by atoms with Crippen molar-refractivity contribution in [3.63, 3.8) is 0 Å². The van der Waals surface area contributed by atoms with Crippen LogP contribution in [0.15, 0.2) is 6.33 Å². The SMILES string of the molecule is CCCc1c(NCC)ncnc1NCCC1CC1. The Kier molecular flexibility index (Phi) is 4.79. The fraction of sp³-hybridized carbons (Fsp3) is 0.714. The molecule has 0 aliphatic heterocycles. The number of rotatable bonds is 8. The number of nitrogens with zero attached hydrogens (tertiary/aromatic N) is 2. The molecule has 4 nitrogen and oxygen atoms in total. The maximum atomic E-state index is 4.40. The number of nitrogens with one attached hydrogen (secondary N) is 2. The summed E-state index contributed by atoms with van der Waals surface area (Å²) in [4.78, 5) is 8.74. The second kappa shape index (κ2) is 6.57. The largest absolute Gasteiger partial charge is 0.370 e. The van der Waals surface area contributed by atoms with Gasteiger partial charge in [0.1, 0.15) is 18.0 Å². The zero-order valence-electron chi connectivity index (χ0n) is 11.5. The molecule has 1 heterocycles. The molecule has 0 saturated heterocycles. The predicted octanol–water partition coefficient (Wildman–Crippen LogP) is 3.07. The van der Waals surface area contributed by atoms with Crippen LogP contribution in [0.2, 0.25) is 0 Å². The fourth-order valence-corrected chi connectivity index (χ4v) is 2.17. The van der Waals surface area contributed by atoms with E-state index in [-0.39, 0.29) is 0 Å². The fourth-order valence-electron chi connectivity index (χ4n) is 2.17. The Morgan fingerprint density at radius 2 is 1.89 bits per heavy atom. The number of aromatic nitrogens is 2. The van der Waals surface area contributed by atoms with Crippen molar-refractivity contribution in [3.05, 3.63) is 11.9 Å². The van der Waals surface area contributed by atoms with E-state index in [0.717, 1.165) is 43.5 Å². The van der Waals surface area contributed by atoms with Gasteiger partial charge in [0.2, 0.25) is 0 Å². The third kappa shape index (κ3) is 3.59. The van der Waals surface area contributed by atoms with E-state index in [0.29, 0.717) is 0 Å². The lowest BCUT2D eigenvalue weighted by atomic mass is 10.1. The molecule has 0 atom stereocenters. The standard InChI is InChI=1S/C14H24N4/c1-3-5-12-13(15-4-2)17-10-18-14(12)16-9-8-11-6-7-11/h10-11H,3-9H2,1-2H3,(H2,15,16,17,18). The Labute approximate surface area is 110 Å². The maximum absolute atomic E-state index is 4.40. The molecule has 0 radical (unpaired) electrons. The minimum absolute atomic E-state index is 0.898. The second-order valence-corrected chi connectivity index (χ2v) is 4.99. The molecule has 2 rings (SSSR count). The van der Waals surface area contributed by atoms with Gasteiger partial charge in [-0.25, -0.2) is 9.97 Å². The van der Waals surface area contributed by atoms with Gasteiger partial charge < -0.3 is 10.6 Å². The minimum Gasteiger partial charge on any atom is -0.370 e. The lowest BCUT2D eigenvalue weighted by molar-refractivity contribution is 0.756. The first-order valence-electron chi connectivity index (χ1n) is 7.16.